The highest BCUT2D eigenvalue weighted by Crippen LogP contribution is 2.29. The summed E-state index contributed by atoms with van der Waals surface area (Å²) >= 11 is 0. The molecule has 1 atom stereocenters. The summed E-state index contributed by atoms with van der Waals surface area (Å²) in [5.41, 5.74) is 0.939. The van der Waals surface area contributed by atoms with E-state index in [1.807, 2.05) is 0 Å². The van der Waals surface area contributed by atoms with Crippen molar-refractivity contribution in [3.05, 3.63) is 30.9 Å². The number of benzene rings is 1. The Balaban J connectivity index is 2.79. The Labute approximate surface area is 122 Å². The van der Waals surface area contributed by atoms with Crippen LogP contribution in [0, 0.1) is 0 Å². The molecule has 1 rings (SSSR count). The lowest BCUT2D eigenvalue weighted by Gasteiger charge is -2.07. The Kier molecular flexibility index (Phi) is 6.59. The van der Waals surface area contributed by atoms with Crippen molar-refractivity contribution in [2.75, 3.05) is 19.0 Å². The first-order valence-corrected chi connectivity index (χ1v) is 6.19. The predicted molar refractivity (Wildman–Crippen MR) is 77.8 cm³/mol. The number of esters is 1. The molecule has 1 aromatic carbocycles. The number of anilines is 1. The first kappa shape index (κ1) is 16.4. The van der Waals surface area contributed by atoms with Gasteiger partial charge in [-0.25, -0.2) is 4.79 Å². The molecule has 112 valence electrons. The van der Waals surface area contributed by atoms with Crippen LogP contribution < -0.4 is 10.1 Å². The van der Waals surface area contributed by atoms with Crippen LogP contribution in [0.5, 0.6) is 5.75 Å². The maximum Gasteiger partial charge on any atom is 0.332 e. The zero-order valence-electron chi connectivity index (χ0n) is 11.9. The molecule has 0 fully saturated rings. The summed E-state index contributed by atoms with van der Waals surface area (Å²) in [6.07, 6.45) is 2.01. The molecule has 1 unspecified atom stereocenters. The summed E-state index contributed by atoms with van der Waals surface area (Å²) in [4.78, 5) is 22.0. The Morgan fingerprint density at radius 2 is 2.29 bits per heavy atom. The van der Waals surface area contributed by atoms with E-state index in [0.29, 0.717) is 23.5 Å². The van der Waals surface area contributed by atoms with Gasteiger partial charge in [-0.15, -0.1) is 0 Å². The first-order valence-electron chi connectivity index (χ1n) is 6.19. The fourth-order valence-electron chi connectivity index (χ4n) is 1.40. The summed E-state index contributed by atoms with van der Waals surface area (Å²) in [5, 5.41) is 10.3. The number of azo groups is 1. The summed E-state index contributed by atoms with van der Waals surface area (Å²) in [7, 11) is 1.49. The van der Waals surface area contributed by atoms with Gasteiger partial charge in [-0.2, -0.15) is 10.2 Å². The highest BCUT2D eigenvalue weighted by atomic mass is 16.5. The Morgan fingerprint density at radius 3 is 2.90 bits per heavy atom. The van der Waals surface area contributed by atoms with Crippen molar-refractivity contribution >= 4 is 23.8 Å². The van der Waals surface area contributed by atoms with Crippen molar-refractivity contribution in [2.45, 2.75) is 13.0 Å². The molecule has 0 saturated carbocycles. The van der Waals surface area contributed by atoms with Gasteiger partial charge in [0.25, 0.3) is 0 Å². The standard InChI is InChI=1S/C14H17N3O4/c1-4-7-21-14(19)10(2)16-17-11-5-6-13(20-3)12(8-11)15-9-18/h4-6,8-10H,1,7H2,2-3H3,(H,15,18). The molecular weight excluding hydrogens is 274 g/mol. The number of hydrogen-bond acceptors (Lipinski definition) is 6. The van der Waals surface area contributed by atoms with E-state index in [1.54, 1.807) is 25.1 Å². The third-order valence-electron chi connectivity index (χ3n) is 2.43. The molecule has 0 aliphatic heterocycles. The molecule has 7 nitrogen and oxygen atoms in total. The maximum absolute atomic E-state index is 11.5. The number of carbonyl (C=O) groups is 2. The van der Waals surface area contributed by atoms with Crippen LogP contribution >= 0.6 is 0 Å². The number of hydrogen-bond donors (Lipinski definition) is 1. The lowest BCUT2D eigenvalue weighted by molar-refractivity contribution is -0.143. The topological polar surface area (TPSA) is 89.3 Å². The molecule has 7 heteroatoms. The second-order valence-electron chi connectivity index (χ2n) is 3.96. The molecule has 0 aliphatic rings. The van der Waals surface area contributed by atoms with Crippen molar-refractivity contribution in [1.82, 2.24) is 0 Å². The fraction of sp³-hybridized carbons (Fsp3) is 0.286. The molecule has 21 heavy (non-hydrogen) atoms. The highest BCUT2D eigenvalue weighted by Gasteiger charge is 2.12. The molecule has 0 heterocycles. The van der Waals surface area contributed by atoms with Gasteiger partial charge in [-0.05, 0) is 25.1 Å². The van der Waals surface area contributed by atoms with E-state index in [0.717, 1.165) is 0 Å². The molecule has 0 radical (unpaired) electrons. The number of nitrogens with one attached hydrogen (secondary N) is 1. The van der Waals surface area contributed by atoms with E-state index < -0.39 is 12.0 Å². The van der Waals surface area contributed by atoms with Crippen LogP contribution in [-0.4, -0.2) is 32.1 Å². The minimum atomic E-state index is -0.727. The van der Waals surface area contributed by atoms with Crippen LogP contribution in [0.4, 0.5) is 11.4 Å². The zero-order valence-corrected chi connectivity index (χ0v) is 11.9. The quantitative estimate of drug-likeness (QED) is 0.345. The first-order chi connectivity index (χ1) is 10.1. The molecule has 0 aromatic heterocycles. The second-order valence-corrected chi connectivity index (χ2v) is 3.96. The molecule has 1 aromatic rings. The number of carbonyl (C=O) groups excluding carboxylic acids is 2. The number of rotatable bonds is 8. The van der Waals surface area contributed by atoms with Gasteiger partial charge in [0, 0.05) is 0 Å². The summed E-state index contributed by atoms with van der Waals surface area (Å²) < 4.78 is 9.93. The molecule has 0 aliphatic carbocycles. The van der Waals surface area contributed by atoms with Crippen molar-refractivity contribution < 1.29 is 19.1 Å². The summed E-state index contributed by atoms with van der Waals surface area (Å²) in [6.45, 7) is 5.16. The average molecular weight is 291 g/mol. The molecular formula is C14H17N3O4. The molecule has 1 amide bonds. The SMILES string of the molecule is C=CCOC(=O)C(C)N=Nc1ccc(OC)c(NC=O)c1. The second kappa shape index (κ2) is 8.47. The van der Waals surface area contributed by atoms with Gasteiger partial charge in [0.2, 0.25) is 6.41 Å². The van der Waals surface area contributed by atoms with Gasteiger partial charge < -0.3 is 14.8 Å². The van der Waals surface area contributed by atoms with Crippen LogP contribution in [0.2, 0.25) is 0 Å². The van der Waals surface area contributed by atoms with Gasteiger partial charge >= 0.3 is 5.97 Å². The monoisotopic (exact) mass is 291 g/mol. The number of amides is 1. The van der Waals surface area contributed by atoms with Gasteiger partial charge in [0.05, 0.1) is 18.5 Å². The van der Waals surface area contributed by atoms with Gasteiger partial charge in [0.15, 0.2) is 6.04 Å². The lowest BCUT2D eigenvalue weighted by atomic mass is 10.2. The van der Waals surface area contributed by atoms with Crippen molar-refractivity contribution in [3.8, 4) is 5.75 Å². The van der Waals surface area contributed by atoms with E-state index in [2.05, 4.69) is 22.1 Å². The molecule has 0 bridgehead atoms. The normalized spacial score (nSPS) is 11.7. The van der Waals surface area contributed by atoms with E-state index in [4.69, 9.17) is 9.47 Å². The van der Waals surface area contributed by atoms with Crippen LogP contribution in [0.25, 0.3) is 0 Å². The zero-order chi connectivity index (χ0) is 15.7. The smallest absolute Gasteiger partial charge is 0.332 e. The average Bonchev–Trinajstić information content (AvgIpc) is 2.50. The summed E-state index contributed by atoms with van der Waals surface area (Å²) in [6, 6.07) is 4.15. The van der Waals surface area contributed by atoms with Crippen molar-refractivity contribution in [3.63, 3.8) is 0 Å². The Hall–Kier alpha value is -2.70. The van der Waals surface area contributed by atoms with E-state index in [1.165, 1.54) is 13.2 Å². The van der Waals surface area contributed by atoms with E-state index in [9.17, 15) is 9.59 Å². The van der Waals surface area contributed by atoms with E-state index in [-0.39, 0.29) is 6.61 Å². The van der Waals surface area contributed by atoms with E-state index >= 15 is 0 Å². The molecule has 0 saturated heterocycles. The maximum atomic E-state index is 11.5. The Morgan fingerprint density at radius 1 is 1.52 bits per heavy atom. The fourth-order valence-corrected chi connectivity index (χ4v) is 1.40. The predicted octanol–water partition coefficient (Wildman–Crippen LogP) is 2.46. The minimum absolute atomic E-state index is 0.134. The molecule has 0 spiro atoms. The largest absolute Gasteiger partial charge is 0.495 e. The lowest BCUT2D eigenvalue weighted by Crippen LogP contribution is -2.17. The van der Waals surface area contributed by atoms with Crippen LogP contribution in [0.15, 0.2) is 41.1 Å². The van der Waals surface area contributed by atoms with Crippen LogP contribution in [-0.2, 0) is 14.3 Å². The summed E-state index contributed by atoms with van der Waals surface area (Å²) in [5.74, 6) is 0.0119. The number of methoxy groups -OCH3 is 1. The van der Waals surface area contributed by atoms with Crippen LogP contribution in [0.3, 0.4) is 0 Å². The third-order valence-corrected chi connectivity index (χ3v) is 2.43. The third kappa shape index (κ3) is 5.06. The Bertz CT molecular complexity index is 543. The van der Waals surface area contributed by atoms with Gasteiger partial charge in [-0.3, -0.25) is 4.79 Å². The van der Waals surface area contributed by atoms with Crippen LogP contribution in [0.1, 0.15) is 6.92 Å². The van der Waals surface area contributed by atoms with Crippen molar-refractivity contribution in [2.24, 2.45) is 10.2 Å². The van der Waals surface area contributed by atoms with Crippen molar-refractivity contribution in [1.29, 1.82) is 0 Å². The number of nitrogens with zero attached hydrogens (tertiary/aromatic N) is 2. The van der Waals surface area contributed by atoms with Gasteiger partial charge in [-0.1, -0.05) is 12.7 Å². The highest BCUT2D eigenvalue weighted by molar-refractivity contribution is 5.77. The minimum Gasteiger partial charge on any atom is -0.495 e. The van der Waals surface area contributed by atoms with Gasteiger partial charge in [0.1, 0.15) is 12.4 Å². The molecule has 1 N–H and O–H groups in total. The number of ether oxygens (including phenoxy) is 2.